The Bertz CT molecular complexity index is 865. The number of benzene rings is 2. The standard InChI is InChI=1S/C18H17Cl2N5/c1-3-25(13-7-4-6-12(2)10-13)16-11-21-24-18(22-16)23-17-14(19)8-5-9-15(17)20/h4-11H,3H2,1-2H3,(H,22,23,24). The van der Waals surface area contributed by atoms with E-state index in [0.717, 1.165) is 12.2 Å². The third kappa shape index (κ3) is 4.00. The van der Waals surface area contributed by atoms with Crippen molar-refractivity contribution in [2.24, 2.45) is 0 Å². The normalized spacial score (nSPS) is 10.6. The van der Waals surface area contributed by atoms with Crippen LogP contribution >= 0.6 is 23.2 Å². The van der Waals surface area contributed by atoms with Crippen LogP contribution in [0.4, 0.5) is 23.1 Å². The quantitative estimate of drug-likeness (QED) is 0.649. The molecule has 0 fully saturated rings. The van der Waals surface area contributed by atoms with E-state index in [1.54, 1.807) is 24.4 Å². The van der Waals surface area contributed by atoms with Crippen molar-refractivity contribution >= 4 is 46.3 Å². The van der Waals surface area contributed by atoms with Crippen molar-refractivity contribution < 1.29 is 0 Å². The highest BCUT2D eigenvalue weighted by atomic mass is 35.5. The van der Waals surface area contributed by atoms with Gasteiger partial charge in [0.15, 0.2) is 5.82 Å². The molecular formula is C18H17Cl2N5. The average molecular weight is 374 g/mol. The lowest BCUT2D eigenvalue weighted by Gasteiger charge is -2.22. The van der Waals surface area contributed by atoms with Crippen LogP contribution < -0.4 is 10.2 Å². The zero-order valence-electron chi connectivity index (χ0n) is 13.9. The first-order valence-electron chi connectivity index (χ1n) is 7.83. The molecule has 0 radical (unpaired) electrons. The minimum absolute atomic E-state index is 0.332. The van der Waals surface area contributed by atoms with Crippen LogP contribution in [0.25, 0.3) is 0 Å². The number of nitrogens with one attached hydrogen (secondary N) is 1. The molecule has 0 unspecified atom stereocenters. The summed E-state index contributed by atoms with van der Waals surface area (Å²) in [6.07, 6.45) is 1.63. The van der Waals surface area contributed by atoms with Gasteiger partial charge >= 0.3 is 0 Å². The Balaban J connectivity index is 1.93. The zero-order chi connectivity index (χ0) is 17.8. The second-order valence-electron chi connectivity index (χ2n) is 5.44. The van der Waals surface area contributed by atoms with Crippen LogP contribution in [0.2, 0.25) is 10.0 Å². The van der Waals surface area contributed by atoms with Crippen LogP contribution in [0.3, 0.4) is 0 Å². The summed E-state index contributed by atoms with van der Waals surface area (Å²) in [6, 6.07) is 13.5. The molecule has 0 aliphatic heterocycles. The fourth-order valence-corrected chi connectivity index (χ4v) is 2.97. The predicted octanol–water partition coefficient (Wildman–Crippen LogP) is 5.39. The molecular weight excluding hydrogens is 357 g/mol. The number of hydrogen-bond donors (Lipinski definition) is 1. The van der Waals surface area contributed by atoms with Crippen LogP contribution in [-0.2, 0) is 0 Å². The van der Waals surface area contributed by atoms with Gasteiger partial charge in [0.2, 0.25) is 5.95 Å². The van der Waals surface area contributed by atoms with Gasteiger partial charge in [-0.15, -0.1) is 5.10 Å². The molecule has 1 heterocycles. The average Bonchev–Trinajstić information content (AvgIpc) is 2.60. The molecule has 25 heavy (non-hydrogen) atoms. The van der Waals surface area contributed by atoms with Crippen LogP contribution in [0.1, 0.15) is 12.5 Å². The topological polar surface area (TPSA) is 53.9 Å². The minimum atomic E-state index is 0.332. The molecule has 0 saturated carbocycles. The third-order valence-electron chi connectivity index (χ3n) is 3.65. The molecule has 128 valence electrons. The number of aromatic nitrogens is 3. The molecule has 0 aliphatic rings. The highest BCUT2D eigenvalue weighted by Crippen LogP contribution is 2.32. The maximum Gasteiger partial charge on any atom is 0.249 e. The molecule has 5 nitrogen and oxygen atoms in total. The highest BCUT2D eigenvalue weighted by molar-refractivity contribution is 6.39. The van der Waals surface area contributed by atoms with E-state index in [2.05, 4.69) is 51.4 Å². The smallest absolute Gasteiger partial charge is 0.249 e. The number of aryl methyl sites for hydroxylation is 1. The summed E-state index contributed by atoms with van der Waals surface area (Å²) in [5.74, 6) is 1.02. The molecule has 7 heteroatoms. The van der Waals surface area contributed by atoms with Crippen molar-refractivity contribution in [3.8, 4) is 0 Å². The predicted molar refractivity (Wildman–Crippen MR) is 103 cm³/mol. The van der Waals surface area contributed by atoms with Crippen molar-refractivity contribution in [3.63, 3.8) is 0 Å². The molecule has 0 saturated heterocycles. The van der Waals surface area contributed by atoms with E-state index in [1.165, 1.54) is 5.56 Å². The zero-order valence-corrected chi connectivity index (χ0v) is 15.4. The van der Waals surface area contributed by atoms with Crippen LogP contribution in [0.15, 0.2) is 48.7 Å². The Kier molecular flexibility index (Phi) is 5.36. The summed E-state index contributed by atoms with van der Waals surface area (Å²) in [4.78, 5) is 6.61. The van der Waals surface area contributed by atoms with E-state index < -0.39 is 0 Å². The van der Waals surface area contributed by atoms with Crippen LogP contribution in [0, 0.1) is 6.92 Å². The van der Waals surface area contributed by atoms with E-state index in [9.17, 15) is 0 Å². The van der Waals surface area contributed by atoms with E-state index in [4.69, 9.17) is 23.2 Å². The molecule has 2 aromatic carbocycles. The van der Waals surface area contributed by atoms with E-state index in [-0.39, 0.29) is 0 Å². The van der Waals surface area contributed by atoms with Gasteiger partial charge < -0.3 is 10.2 Å². The van der Waals surface area contributed by atoms with Crippen molar-refractivity contribution in [2.75, 3.05) is 16.8 Å². The molecule has 0 amide bonds. The maximum absolute atomic E-state index is 6.19. The Morgan fingerprint density at radius 2 is 1.80 bits per heavy atom. The fourth-order valence-electron chi connectivity index (χ4n) is 2.48. The summed E-state index contributed by atoms with van der Waals surface area (Å²) in [5, 5.41) is 12.1. The minimum Gasteiger partial charge on any atom is -0.325 e. The first-order chi connectivity index (χ1) is 12.1. The van der Waals surface area contributed by atoms with E-state index in [0.29, 0.717) is 27.5 Å². The van der Waals surface area contributed by atoms with E-state index >= 15 is 0 Å². The number of halogens is 2. The van der Waals surface area contributed by atoms with Gasteiger partial charge in [-0.3, -0.25) is 0 Å². The monoisotopic (exact) mass is 373 g/mol. The fraction of sp³-hybridized carbons (Fsp3) is 0.167. The summed E-state index contributed by atoms with van der Waals surface area (Å²) in [6.45, 7) is 4.86. The largest absolute Gasteiger partial charge is 0.325 e. The first kappa shape index (κ1) is 17.5. The van der Waals surface area contributed by atoms with Gasteiger partial charge in [-0.05, 0) is 43.7 Å². The second kappa shape index (κ2) is 7.68. The van der Waals surface area contributed by atoms with E-state index in [1.807, 2.05) is 12.1 Å². The summed E-state index contributed by atoms with van der Waals surface area (Å²) in [7, 11) is 0. The Hall–Kier alpha value is -2.37. The number of para-hydroxylation sites is 1. The van der Waals surface area contributed by atoms with Gasteiger partial charge in [-0.2, -0.15) is 10.1 Å². The highest BCUT2D eigenvalue weighted by Gasteiger charge is 2.13. The molecule has 1 N–H and O–H groups in total. The number of anilines is 4. The summed E-state index contributed by atoms with van der Waals surface area (Å²) >= 11 is 12.4. The van der Waals surface area contributed by atoms with Gasteiger partial charge in [-0.25, -0.2) is 0 Å². The summed E-state index contributed by atoms with van der Waals surface area (Å²) < 4.78 is 0. The molecule has 3 rings (SSSR count). The lowest BCUT2D eigenvalue weighted by Crippen LogP contribution is -2.18. The lowest BCUT2D eigenvalue weighted by molar-refractivity contribution is 0.921. The lowest BCUT2D eigenvalue weighted by atomic mass is 10.2. The SMILES string of the molecule is CCN(c1cccc(C)c1)c1cnnc(Nc2c(Cl)cccc2Cl)n1. The molecule has 0 spiro atoms. The Morgan fingerprint density at radius 3 is 2.48 bits per heavy atom. The van der Waals surface area contributed by atoms with Crippen molar-refractivity contribution in [1.29, 1.82) is 0 Å². The van der Waals surface area contributed by atoms with Gasteiger partial charge in [0.05, 0.1) is 21.9 Å². The first-order valence-corrected chi connectivity index (χ1v) is 8.59. The molecule has 3 aromatic rings. The van der Waals surface area contributed by atoms with Crippen LogP contribution in [0.5, 0.6) is 0 Å². The summed E-state index contributed by atoms with van der Waals surface area (Å²) in [5.41, 5.74) is 2.78. The van der Waals surface area contributed by atoms with Gasteiger partial charge in [0, 0.05) is 12.2 Å². The molecule has 1 aromatic heterocycles. The number of hydrogen-bond acceptors (Lipinski definition) is 5. The van der Waals surface area contributed by atoms with Crippen molar-refractivity contribution in [1.82, 2.24) is 15.2 Å². The van der Waals surface area contributed by atoms with Gasteiger partial charge in [0.25, 0.3) is 0 Å². The molecule has 0 aliphatic carbocycles. The molecule has 0 atom stereocenters. The Labute approximate surface area is 156 Å². The molecule has 0 bridgehead atoms. The second-order valence-corrected chi connectivity index (χ2v) is 6.26. The van der Waals surface area contributed by atoms with Crippen molar-refractivity contribution in [3.05, 3.63) is 64.3 Å². The van der Waals surface area contributed by atoms with Gasteiger partial charge in [-0.1, -0.05) is 41.4 Å². The van der Waals surface area contributed by atoms with Crippen molar-refractivity contribution in [2.45, 2.75) is 13.8 Å². The van der Waals surface area contributed by atoms with Gasteiger partial charge in [0.1, 0.15) is 0 Å². The number of nitrogens with zero attached hydrogens (tertiary/aromatic N) is 4. The maximum atomic E-state index is 6.19. The Morgan fingerprint density at radius 1 is 1.08 bits per heavy atom. The third-order valence-corrected chi connectivity index (χ3v) is 4.28. The van der Waals surface area contributed by atoms with Crippen LogP contribution in [-0.4, -0.2) is 21.7 Å². The number of rotatable bonds is 5.